The van der Waals surface area contributed by atoms with E-state index in [1.165, 1.54) is 17.4 Å². The summed E-state index contributed by atoms with van der Waals surface area (Å²) in [6.45, 7) is 0. The molecule has 0 aromatic heterocycles. The van der Waals surface area contributed by atoms with E-state index in [1.54, 1.807) is 12.3 Å². The first-order valence-corrected chi connectivity index (χ1v) is 3.54. The van der Waals surface area contributed by atoms with Gasteiger partial charge in [-0.25, -0.2) is 5.84 Å². The Bertz CT molecular complexity index is 256. The Balaban J connectivity index is 0.000000132. The fourth-order valence-corrected chi connectivity index (χ4v) is 0.627. The van der Waals surface area contributed by atoms with E-state index < -0.39 is 0 Å². The molecule has 0 radical (unpaired) electrons. The largest absolute Gasteiger partial charge is 0.312 e. The van der Waals surface area contributed by atoms with Gasteiger partial charge in [-0.3, -0.25) is 4.79 Å². The average molecular weight is 182 g/mol. The highest BCUT2D eigenvalue weighted by atomic mass is 16.1. The monoisotopic (exact) mass is 182 g/mol. The topological polar surface area (TPSA) is 109 Å². The van der Waals surface area contributed by atoms with Gasteiger partial charge in [-0.1, -0.05) is 0 Å². The lowest BCUT2D eigenvalue weighted by Gasteiger charge is -2.12. The highest BCUT2D eigenvalue weighted by Gasteiger charge is 2.07. The first-order valence-electron chi connectivity index (χ1n) is 3.54. The van der Waals surface area contributed by atoms with Crippen LogP contribution < -0.4 is 17.0 Å². The molecule has 2 heterocycles. The predicted octanol–water partition coefficient (Wildman–Crippen LogP) is -1.03. The Morgan fingerprint density at radius 1 is 1.62 bits per heavy atom. The summed E-state index contributed by atoms with van der Waals surface area (Å²) in [5.41, 5.74) is 8.00. The van der Waals surface area contributed by atoms with E-state index >= 15 is 0 Å². The second-order valence-corrected chi connectivity index (χ2v) is 2.26. The molecule has 7 nitrogen and oxygen atoms in total. The zero-order valence-corrected chi connectivity index (χ0v) is 6.79. The van der Waals surface area contributed by atoms with Gasteiger partial charge in [-0.15, -0.1) is 10.2 Å². The SMILES string of the molecule is NC1C=CNN1N.O=C1C=CN=N1. The van der Waals surface area contributed by atoms with Crippen LogP contribution in [0.25, 0.3) is 0 Å². The van der Waals surface area contributed by atoms with E-state index in [0.29, 0.717) is 0 Å². The molecule has 0 aliphatic carbocycles. The summed E-state index contributed by atoms with van der Waals surface area (Å²) in [6, 6.07) is 0. The molecule has 0 saturated heterocycles. The van der Waals surface area contributed by atoms with Crippen LogP contribution in [0.4, 0.5) is 0 Å². The minimum atomic E-state index is -0.269. The van der Waals surface area contributed by atoms with Gasteiger partial charge < -0.3 is 11.2 Å². The molecule has 0 aromatic rings. The fraction of sp³-hybridized carbons (Fsp3) is 0.167. The number of azo groups is 1. The molecule has 1 atom stereocenters. The fourth-order valence-electron chi connectivity index (χ4n) is 0.627. The Labute approximate surface area is 74.7 Å². The lowest BCUT2D eigenvalue weighted by molar-refractivity contribution is -0.113. The lowest BCUT2D eigenvalue weighted by Crippen LogP contribution is -2.47. The summed E-state index contributed by atoms with van der Waals surface area (Å²) < 4.78 is 0. The molecule has 0 bridgehead atoms. The minimum Gasteiger partial charge on any atom is -0.312 e. The highest BCUT2D eigenvalue weighted by molar-refractivity contribution is 5.89. The van der Waals surface area contributed by atoms with E-state index in [1.807, 2.05) is 0 Å². The van der Waals surface area contributed by atoms with Crippen molar-refractivity contribution in [3.05, 3.63) is 24.6 Å². The third-order valence-electron chi connectivity index (χ3n) is 1.28. The predicted molar refractivity (Wildman–Crippen MR) is 45.3 cm³/mol. The first-order chi connectivity index (χ1) is 6.20. The summed E-state index contributed by atoms with van der Waals surface area (Å²) in [5.74, 6) is 4.94. The van der Waals surface area contributed by atoms with E-state index in [9.17, 15) is 4.79 Å². The average Bonchev–Trinajstić information content (AvgIpc) is 2.67. The van der Waals surface area contributed by atoms with Crippen LogP contribution in [-0.4, -0.2) is 17.2 Å². The van der Waals surface area contributed by atoms with Crippen LogP contribution in [0.3, 0.4) is 0 Å². The smallest absolute Gasteiger partial charge is 0.289 e. The van der Waals surface area contributed by atoms with Gasteiger partial charge >= 0.3 is 0 Å². The summed E-state index contributed by atoms with van der Waals surface area (Å²) in [6.07, 6.45) is 5.97. The molecule has 70 valence electrons. The van der Waals surface area contributed by atoms with E-state index in [0.717, 1.165) is 0 Å². The maximum absolute atomic E-state index is 9.90. The van der Waals surface area contributed by atoms with Crippen molar-refractivity contribution in [2.75, 3.05) is 0 Å². The Hall–Kier alpha value is -1.57. The van der Waals surface area contributed by atoms with Gasteiger partial charge in [0.15, 0.2) is 0 Å². The summed E-state index contributed by atoms with van der Waals surface area (Å²) in [4.78, 5) is 9.90. The lowest BCUT2D eigenvalue weighted by atomic mass is 10.5. The quantitative estimate of drug-likeness (QED) is 0.415. The van der Waals surface area contributed by atoms with Gasteiger partial charge in [0.2, 0.25) is 0 Å². The molecule has 7 heteroatoms. The number of hydrogen-bond acceptors (Lipinski definition) is 6. The van der Waals surface area contributed by atoms with Gasteiger partial charge in [0.1, 0.15) is 6.17 Å². The molecule has 13 heavy (non-hydrogen) atoms. The van der Waals surface area contributed by atoms with Crippen LogP contribution in [0.1, 0.15) is 0 Å². The maximum atomic E-state index is 9.90. The van der Waals surface area contributed by atoms with Gasteiger partial charge in [-0.05, 0) is 6.08 Å². The van der Waals surface area contributed by atoms with Crippen molar-refractivity contribution >= 4 is 5.91 Å². The Kier molecular flexibility index (Phi) is 3.26. The van der Waals surface area contributed by atoms with Gasteiger partial charge in [0.05, 0.1) is 6.20 Å². The number of hydrazine groups is 2. The van der Waals surface area contributed by atoms with Crippen molar-refractivity contribution in [2.24, 2.45) is 21.8 Å². The van der Waals surface area contributed by atoms with Crippen molar-refractivity contribution in [2.45, 2.75) is 6.17 Å². The molecule has 0 aromatic carbocycles. The molecule has 0 spiro atoms. The molecule has 2 rings (SSSR count). The minimum absolute atomic E-state index is 0.167. The van der Waals surface area contributed by atoms with Crippen molar-refractivity contribution in [3.8, 4) is 0 Å². The van der Waals surface area contributed by atoms with Crippen LogP contribution in [0.5, 0.6) is 0 Å². The van der Waals surface area contributed by atoms with Gasteiger partial charge in [0, 0.05) is 12.3 Å². The second kappa shape index (κ2) is 4.45. The number of nitrogens with zero attached hydrogens (tertiary/aromatic N) is 3. The van der Waals surface area contributed by atoms with Crippen LogP contribution in [0, 0.1) is 0 Å². The third-order valence-corrected chi connectivity index (χ3v) is 1.28. The number of hydrogen-bond donors (Lipinski definition) is 3. The number of nitrogens with one attached hydrogen (secondary N) is 1. The third kappa shape index (κ3) is 3.11. The molecular weight excluding hydrogens is 172 g/mol. The van der Waals surface area contributed by atoms with Gasteiger partial charge in [0.25, 0.3) is 5.91 Å². The summed E-state index contributed by atoms with van der Waals surface area (Å²) >= 11 is 0. The number of amides is 1. The Morgan fingerprint density at radius 3 is 2.54 bits per heavy atom. The number of carbonyl (C=O) groups excluding carboxylic acids is 1. The molecule has 1 amide bonds. The highest BCUT2D eigenvalue weighted by Crippen LogP contribution is 1.90. The van der Waals surface area contributed by atoms with Crippen molar-refractivity contribution < 1.29 is 4.79 Å². The Morgan fingerprint density at radius 2 is 2.38 bits per heavy atom. The molecule has 2 aliphatic heterocycles. The summed E-state index contributed by atoms with van der Waals surface area (Å²) in [5, 5.41) is 7.69. The van der Waals surface area contributed by atoms with Crippen molar-refractivity contribution in [3.63, 3.8) is 0 Å². The number of rotatable bonds is 0. The summed E-state index contributed by atoms with van der Waals surface area (Å²) in [7, 11) is 0. The zero-order valence-electron chi connectivity index (χ0n) is 6.79. The van der Waals surface area contributed by atoms with Crippen LogP contribution in [0.2, 0.25) is 0 Å². The van der Waals surface area contributed by atoms with Crippen LogP contribution >= 0.6 is 0 Å². The molecule has 2 aliphatic rings. The molecule has 0 saturated carbocycles. The van der Waals surface area contributed by atoms with Gasteiger partial charge in [-0.2, -0.15) is 5.11 Å². The molecule has 0 fully saturated rings. The first kappa shape index (κ1) is 9.52. The van der Waals surface area contributed by atoms with Crippen molar-refractivity contribution in [1.82, 2.24) is 10.5 Å². The van der Waals surface area contributed by atoms with E-state index in [2.05, 4.69) is 15.7 Å². The van der Waals surface area contributed by atoms with E-state index in [4.69, 9.17) is 11.6 Å². The van der Waals surface area contributed by atoms with E-state index in [-0.39, 0.29) is 12.1 Å². The van der Waals surface area contributed by atoms with Crippen LogP contribution in [0.15, 0.2) is 34.8 Å². The normalized spacial score (nSPS) is 24.5. The van der Waals surface area contributed by atoms with Crippen LogP contribution in [-0.2, 0) is 4.79 Å². The van der Waals surface area contributed by atoms with Crippen molar-refractivity contribution in [1.29, 1.82) is 0 Å². The molecule has 1 unspecified atom stereocenters. The molecular formula is C6H10N6O. The molecule has 5 N–H and O–H groups in total. The second-order valence-electron chi connectivity index (χ2n) is 2.26. The number of carbonyl (C=O) groups is 1. The standard InChI is InChI=1S/C3H8N4.C3H2N2O/c4-3-1-2-6-7(3)5;6-3-1-2-4-5-3/h1-3,6H,4-5H2;1-2H. The number of nitrogens with two attached hydrogens (primary N) is 2. The zero-order chi connectivity index (χ0) is 9.68. The maximum Gasteiger partial charge on any atom is 0.289 e.